The Morgan fingerprint density at radius 1 is 1.44 bits per heavy atom. The highest BCUT2D eigenvalue weighted by molar-refractivity contribution is 4.66. The molecule has 0 aromatic rings. The van der Waals surface area contributed by atoms with Crippen LogP contribution in [0.25, 0.3) is 0 Å². The van der Waals surface area contributed by atoms with Gasteiger partial charge in [-0.25, -0.2) is 0 Å². The lowest BCUT2D eigenvalue weighted by atomic mass is 10.0. The van der Waals surface area contributed by atoms with Gasteiger partial charge < -0.3 is 15.0 Å². The molecule has 0 saturated carbocycles. The number of hydrogen-bond acceptors (Lipinski definition) is 3. The molecule has 0 aliphatic carbocycles. The minimum absolute atomic E-state index is 0.659. The quantitative estimate of drug-likeness (QED) is 0.672. The van der Waals surface area contributed by atoms with Gasteiger partial charge in [0.2, 0.25) is 0 Å². The van der Waals surface area contributed by atoms with E-state index in [4.69, 9.17) is 4.74 Å². The lowest BCUT2D eigenvalue weighted by molar-refractivity contribution is 0.0548. The van der Waals surface area contributed by atoms with Crippen molar-refractivity contribution in [3.8, 4) is 0 Å². The zero-order valence-electron chi connectivity index (χ0n) is 11.2. The van der Waals surface area contributed by atoms with Crippen molar-refractivity contribution in [1.82, 2.24) is 10.2 Å². The SMILES string of the molecule is CC(C)N(C)CCCNCC1CCCOC1. The summed E-state index contributed by atoms with van der Waals surface area (Å²) >= 11 is 0. The van der Waals surface area contributed by atoms with Gasteiger partial charge in [0, 0.05) is 19.2 Å². The van der Waals surface area contributed by atoms with Crippen molar-refractivity contribution in [3.05, 3.63) is 0 Å². The molecule has 0 aromatic carbocycles. The van der Waals surface area contributed by atoms with Gasteiger partial charge in [0.15, 0.2) is 0 Å². The van der Waals surface area contributed by atoms with Crippen LogP contribution in [0.3, 0.4) is 0 Å². The second-order valence-electron chi connectivity index (χ2n) is 5.22. The van der Waals surface area contributed by atoms with E-state index in [1.165, 1.54) is 25.8 Å². The summed E-state index contributed by atoms with van der Waals surface area (Å²) in [5.41, 5.74) is 0. The lowest BCUT2D eigenvalue weighted by Gasteiger charge is -2.23. The van der Waals surface area contributed by atoms with Gasteiger partial charge in [-0.15, -0.1) is 0 Å². The number of ether oxygens (including phenoxy) is 1. The second-order valence-corrected chi connectivity index (χ2v) is 5.22. The highest BCUT2D eigenvalue weighted by atomic mass is 16.5. The first-order valence-corrected chi connectivity index (χ1v) is 6.69. The Bertz CT molecular complexity index is 167. The number of nitrogens with zero attached hydrogens (tertiary/aromatic N) is 1. The average molecular weight is 228 g/mol. The van der Waals surface area contributed by atoms with Crippen molar-refractivity contribution in [3.63, 3.8) is 0 Å². The molecule has 16 heavy (non-hydrogen) atoms. The molecule has 1 fully saturated rings. The molecule has 0 radical (unpaired) electrons. The third kappa shape index (κ3) is 5.83. The van der Waals surface area contributed by atoms with Crippen LogP contribution >= 0.6 is 0 Å². The van der Waals surface area contributed by atoms with Crippen molar-refractivity contribution in [2.75, 3.05) is 39.9 Å². The van der Waals surface area contributed by atoms with Gasteiger partial charge in [0.05, 0.1) is 6.61 Å². The van der Waals surface area contributed by atoms with E-state index in [1.54, 1.807) is 0 Å². The summed E-state index contributed by atoms with van der Waals surface area (Å²) in [5.74, 6) is 0.747. The molecule has 3 nitrogen and oxygen atoms in total. The van der Waals surface area contributed by atoms with Crippen LogP contribution in [-0.4, -0.2) is 50.8 Å². The Morgan fingerprint density at radius 2 is 2.25 bits per heavy atom. The van der Waals surface area contributed by atoms with E-state index >= 15 is 0 Å². The average Bonchev–Trinajstić information content (AvgIpc) is 2.29. The van der Waals surface area contributed by atoms with Crippen LogP contribution in [0.15, 0.2) is 0 Å². The van der Waals surface area contributed by atoms with Crippen molar-refractivity contribution in [1.29, 1.82) is 0 Å². The molecule has 1 rings (SSSR count). The van der Waals surface area contributed by atoms with Crippen LogP contribution in [0.1, 0.15) is 33.1 Å². The summed E-state index contributed by atoms with van der Waals surface area (Å²) < 4.78 is 5.46. The summed E-state index contributed by atoms with van der Waals surface area (Å²) in [6, 6.07) is 0.659. The Morgan fingerprint density at radius 3 is 2.88 bits per heavy atom. The third-order valence-corrected chi connectivity index (χ3v) is 3.43. The third-order valence-electron chi connectivity index (χ3n) is 3.43. The molecule has 1 aliphatic rings. The van der Waals surface area contributed by atoms with Crippen molar-refractivity contribution >= 4 is 0 Å². The first-order valence-electron chi connectivity index (χ1n) is 6.69. The van der Waals surface area contributed by atoms with E-state index in [2.05, 4.69) is 31.1 Å². The van der Waals surface area contributed by atoms with E-state index in [1.807, 2.05) is 0 Å². The van der Waals surface area contributed by atoms with E-state index in [0.29, 0.717) is 6.04 Å². The molecule has 1 heterocycles. The first-order chi connectivity index (χ1) is 7.70. The van der Waals surface area contributed by atoms with E-state index < -0.39 is 0 Å². The molecule has 1 atom stereocenters. The zero-order valence-corrected chi connectivity index (χ0v) is 11.2. The second kappa shape index (κ2) is 8.04. The van der Waals surface area contributed by atoms with Crippen molar-refractivity contribution in [2.45, 2.75) is 39.2 Å². The Kier molecular flexibility index (Phi) is 7.01. The van der Waals surface area contributed by atoms with Crippen LogP contribution in [0, 0.1) is 5.92 Å². The summed E-state index contributed by atoms with van der Waals surface area (Å²) in [6.45, 7) is 9.86. The van der Waals surface area contributed by atoms with Crippen LogP contribution in [0.4, 0.5) is 0 Å². The predicted octanol–water partition coefficient (Wildman–Crippen LogP) is 1.73. The normalized spacial score (nSPS) is 21.9. The fourth-order valence-electron chi connectivity index (χ4n) is 1.99. The van der Waals surface area contributed by atoms with Crippen LogP contribution < -0.4 is 5.32 Å². The molecule has 1 N–H and O–H groups in total. The van der Waals surface area contributed by atoms with E-state index in [-0.39, 0.29) is 0 Å². The van der Waals surface area contributed by atoms with Crippen LogP contribution in [-0.2, 0) is 4.74 Å². The lowest BCUT2D eigenvalue weighted by Crippen LogP contribution is -2.32. The highest BCUT2D eigenvalue weighted by Gasteiger charge is 2.12. The van der Waals surface area contributed by atoms with Crippen molar-refractivity contribution in [2.24, 2.45) is 5.92 Å². The molecule has 0 aromatic heterocycles. The van der Waals surface area contributed by atoms with Gasteiger partial charge in [-0.1, -0.05) is 0 Å². The molecule has 1 aliphatic heterocycles. The standard InChI is InChI=1S/C13H28N2O/c1-12(2)15(3)8-5-7-14-10-13-6-4-9-16-11-13/h12-14H,4-11H2,1-3H3. The van der Waals surface area contributed by atoms with Gasteiger partial charge >= 0.3 is 0 Å². The van der Waals surface area contributed by atoms with Gasteiger partial charge in [-0.2, -0.15) is 0 Å². The zero-order chi connectivity index (χ0) is 11.8. The molecular formula is C13H28N2O. The molecule has 96 valence electrons. The molecule has 3 heteroatoms. The summed E-state index contributed by atoms with van der Waals surface area (Å²) in [4.78, 5) is 2.39. The largest absolute Gasteiger partial charge is 0.381 e. The number of hydrogen-bond donors (Lipinski definition) is 1. The molecule has 1 unspecified atom stereocenters. The first kappa shape index (κ1) is 13.9. The molecule has 0 amide bonds. The van der Waals surface area contributed by atoms with Gasteiger partial charge in [0.25, 0.3) is 0 Å². The molecule has 0 bridgehead atoms. The monoisotopic (exact) mass is 228 g/mol. The van der Waals surface area contributed by atoms with E-state index in [9.17, 15) is 0 Å². The highest BCUT2D eigenvalue weighted by Crippen LogP contribution is 2.11. The fraction of sp³-hybridized carbons (Fsp3) is 1.00. The fourth-order valence-corrected chi connectivity index (χ4v) is 1.99. The maximum absolute atomic E-state index is 5.46. The maximum atomic E-state index is 5.46. The number of nitrogens with one attached hydrogen (secondary N) is 1. The predicted molar refractivity (Wildman–Crippen MR) is 68.8 cm³/mol. The Balaban J connectivity index is 1.91. The minimum atomic E-state index is 0.659. The van der Waals surface area contributed by atoms with Gasteiger partial charge in [-0.05, 0) is 59.2 Å². The summed E-state index contributed by atoms with van der Waals surface area (Å²) in [7, 11) is 2.19. The smallest absolute Gasteiger partial charge is 0.0506 e. The molecule has 1 saturated heterocycles. The minimum Gasteiger partial charge on any atom is -0.381 e. The topological polar surface area (TPSA) is 24.5 Å². The van der Waals surface area contributed by atoms with Gasteiger partial charge in [-0.3, -0.25) is 0 Å². The molecular weight excluding hydrogens is 200 g/mol. The molecule has 0 spiro atoms. The maximum Gasteiger partial charge on any atom is 0.0506 e. The summed E-state index contributed by atoms with van der Waals surface area (Å²) in [6.07, 6.45) is 3.81. The summed E-state index contributed by atoms with van der Waals surface area (Å²) in [5, 5.41) is 3.54. The Labute approximate surface area is 101 Å². The van der Waals surface area contributed by atoms with Crippen LogP contribution in [0.5, 0.6) is 0 Å². The van der Waals surface area contributed by atoms with E-state index in [0.717, 1.165) is 32.2 Å². The van der Waals surface area contributed by atoms with Gasteiger partial charge in [0.1, 0.15) is 0 Å². The Hall–Kier alpha value is -0.120. The van der Waals surface area contributed by atoms with Crippen molar-refractivity contribution < 1.29 is 4.74 Å². The van der Waals surface area contributed by atoms with Crippen LogP contribution in [0.2, 0.25) is 0 Å². The number of rotatable bonds is 7.